The molecule has 0 aliphatic rings. The number of halogens is 2. The van der Waals surface area contributed by atoms with Gasteiger partial charge in [0.25, 0.3) is 5.91 Å². The van der Waals surface area contributed by atoms with Crippen LogP contribution in [0.25, 0.3) is 0 Å². The van der Waals surface area contributed by atoms with Crippen molar-refractivity contribution in [3.63, 3.8) is 0 Å². The highest BCUT2D eigenvalue weighted by Crippen LogP contribution is 2.18. The van der Waals surface area contributed by atoms with Crippen molar-refractivity contribution in [2.24, 2.45) is 0 Å². The third-order valence-corrected chi connectivity index (χ3v) is 2.83. The predicted molar refractivity (Wildman–Crippen MR) is 77.8 cm³/mol. The molecule has 2 aromatic rings. The molecular formula is C14H13ClFN3O. The number of benzene rings is 1. The molecule has 2 rings (SSSR count). The van der Waals surface area contributed by atoms with Gasteiger partial charge in [0, 0.05) is 23.5 Å². The molecule has 0 unspecified atom stereocenters. The Labute approximate surface area is 121 Å². The lowest BCUT2D eigenvalue weighted by Gasteiger charge is -2.09. The average molecular weight is 294 g/mol. The van der Waals surface area contributed by atoms with Crippen molar-refractivity contribution in [2.75, 3.05) is 17.2 Å². The Kier molecular flexibility index (Phi) is 4.53. The molecule has 104 valence electrons. The Morgan fingerprint density at radius 1 is 1.30 bits per heavy atom. The molecule has 1 aromatic heterocycles. The van der Waals surface area contributed by atoms with Gasteiger partial charge in [0.1, 0.15) is 0 Å². The van der Waals surface area contributed by atoms with E-state index in [1.807, 2.05) is 6.92 Å². The van der Waals surface area contributed by atoms with E-state index in [2.05, 4.69) is 15.6 Å². The number of nitrogens with zero attached hydrogens (tertiary/aromatic N) is 1. The van der Waals surface area contributed by atoms with Crippen molar-refractivity contribution in [3.05, 3.63) is 52.9 Å². The lowest BCUT2D eigenvalue weighted by atomic mass is 10.2. The van der Waals surface area contributed by atoms with Crippen molar-refractivity contribution in [2.45, 2.75) is 6.92 Å². The lowest BCUT2D eigenvalue weighted by Crippen LogP contribution is -2.15. The van der Waals surface area contributed by atoms with Crippen LogP contribution in [0.3, 0.4) is 0 Å². The van der Waals surface area contributed by atoms with Gasteiger partial charge < -0.3 is 10.6 Å². The van der Waals surface area contributed by atoms with Gasteiger partial charge in [0.05, 0.1) is 5.56 Å². The van der Waals surface area contributed by atoms with E-state index in [-0.39, 0.29) is 11.4 Å². The normalized spacial score (nSPS) is 10.2. The number of pyridine rings is 1. The molecule has 2 N–H and O–H groups in total. The van der Waals surface area contributed by atoms with Crippen LogP contribution in [0.15, 0.2) is 36.5 Å². The zero-order chi connectivity index (χ0) is 14.5. The minimum Gasteiger partial charge on any atom is -0.368 e. The standard InChI is InChI=1S/C14H13ClFN3O/c1-2-17-13-12(16)11(7-8-18-13)14(20)19-10-5-3-9(15)4-6-10/h3-8H,2H2,1H3,(H,17,18)(H,19,20). The van der Waals surface area contributed by atoms with Gasteiger partial charge in [-0.3, -0.25) is 4.79 Å². The minimum absolute atomic E-state index is 0.0640. The minimum atomic E-state index is -0.666. The largest absolute Gasteiger partial charge is 0.368 e. The Hall–Kier alpha value is -2.14. The Bertz CT molecular complexity index is 616. The third-order valence-electron chi connectivity index (χ3n) is 2.58. The van der Waals surface area contributed by atoms with Crippen LogP contribution in [-0.2, 0) is 0 Å². The highest BCUT2D eigenvalue weighted by molar-refractivity contribution is 6.30. The van der Waals surface area contributed by atoms with Gasteiger partial charge in [-0.1, -0.05) is 11.6 Å². The van der Waals surface area contributed by atoms with E-state index in [9.17, 15) is 9.18 Å². The molecule has 0 spiro atoms. The van der Waals surface area contributed by atoms with E-state index < -0.39 is 11.7 Å². The lowest BCUT2D eigenvalue weighted by molar-refractivity contribution is 0.102. The molecule has 6 heteroatoms. The van der Waals surface area contributed by atoms with Crippen molar-refractivity contribution < 1.29 is 9.18 Å². The number of aromatic nitrogens is 1. The molecule has 0 saturated carbocycles. The first-order chi connectivity index (χ1) is 9.61. The molecule has 0 saturated heterocycles. The molecule has 0 fully saturated rings. The average Bonchev–Trinajstić information content (AvgIpc) is 2.44. The summed E-state index contributed by atoms with van der Waals surface area (Å²) in [5.41, 5.74) is 0.478. The van der Waals surface area contributed by atoms with E-state index in [0.29, 0.717) is 17.3 Å². The fourth-order valence-electron chi connectivity index (χ4n) is 1.64. The maximum atomic E-state index is 14.1. The van der Waals surface area contributed by atoms with Crippen LogP contribution in [-0.4, -0.2) is 17.4 Å². The highest BCUT2D eigenvalue weighted by atomic mass is 35.5. The van der Waals surface area contributed by atoms with E-state index in [0.717, 1.165) is 0 Å². The molecule has 0 bridgehead atoms. The van der Waals surface area contributed by atoms with Crippen LogP contribution >= 0.6 is 11.6 Å². The fraction of sp³-hybridized carbons (Fsp3) is 0.143. The van der Waals surface area contributed by atoms with Crippen LogP contribution in [0.5, 0.6) is 0 Å². The molecule has 1 heterocycles. The number of carbonyl (C=O) groups is 1. The summed E-state index contributed by atoms with van der Waals surface area (Å²) in [6, 6.07) is 7.91. The molecule has 0 atom stereocenters. The highest BCUT2D eigenvalue weighted by Gasteiger charge is 2.15. The van der Waals surface area contributed by atoms with Crippen LogP contribution in [0.4, 0.5) is 15.9 Å². The summed E-state index contributed by atoms with van der Waals surface area (Å²) >= 11 is 5.76. The first kappa shape index (κ1) is 14.3. The van der Waals surface area contributed by atoms with Gasteiger partial charge in [-0.15, -0.1) is 0 Å². The van der Waals surface area contributed by atoms with Crippen LogP contribution < -0.4 is 10.6 Å². The predicted octanol–water partition coefficient (Wildman–Crippen LogP) is 3.56. The Balaban J connectivity index is 2.21. The van der Waals surface area contributed by atoms with Gasteiger partial charge >= 0.3 is 0 Å². The number of carbonyl (C=O) groups excluding carboxylic acids is 1. The summed E-state index contributed by atoms with van der Waals surface area (Å²) in [6.45, 7) is 2.34. The van der Waals surface area contributed by atoms with Gasteiger partial charge in [-0.25, -0.2) is 9.37 Å². The Morgan fingerprint density at radius 3 is 2.65 bits per heavy atom. The fourth-order valence-corrected chi connectivity index (χ4v) is 1.77. The first-order valence-corrected chi connectivity index (χ1v) is 6.45. The quantitative estimate of drug-likeness (QED) is 0.906. The Morgan fingerprint density at radius 2 is 2.00 bits per heavy atom. The van der Waals surface area contributed by atoms with E-state index in [1.165, 1.54) is 12.3 Å². The molecular weight excluding hydrogens is 281 g/mol. The van der Waals surface area contributed by atoms with E-state index in [4.69, 9.17) is 11.6 Å². The van der Waals surface area contributed by atoms with Crippen molar-refractivity contribution in [1.29, 1.82) is 0 Å². The molecule has 0 aliphatic carbocycles. The molecule has 20 heavy (non-hydrogen) atoms. The third kappa shape index (κ3) is 3.24. The van der Waals surface area contributed by atoms with Gasteiger partial charge in [-0.2, -0.15) is 0 Å². The molecule has 4 nitrogen and oxygen atoms in total. The van der Waals surface area contributed by atoms with E-state index in [1.54, 1.807) is 24.3 Å². The van der Waals surface area contributed by atoms with Gasteiger partial charge in [0.15, 0.2) is 11.6 Å². The maximum absolute atomic E-state index is 14.1. The number of nitrogens with one attached hydrogen (secondary N) is 2. The number of anilines is 2. The monoisotopic (exact) mass is 293 g/mol. The summed E-state index contributed by atoms with van der Waals surface area (Å²) in [4.78, 5) is 15.9. The summed E-state index contributed by atoms with van der Waals surface area (Å²) < 4.78 is 14.1. The number of rotatable bonds is 4. The summed E-state index contributed by atoms with van der Waals surface area (Å²) in [5, 5.41) is 5.92. The van der Waals surface area contributed by atoms with Crippen molar-refractivity contribution in [3.8, 4) is 0 Å². The summed E-state index contributed by atoms with van der Waals surface area (Å²) in [6.07, 6.45) is 1.39. The summed E-state index contributed by atoms with van der Waals surface area (Å²) in [7, 11) is 0. The second-order valence-electron chi connectivity index (χ2n) is 4.01. The van der Waals surface area contributed by atoms with Crippen LogP contribution in [0.1, 0.15) is 17.3 Å². The second kappa shape index (κ2) is 6.34. The van der Waals surface area contributed by atoms with Gasteiger partial charge in [0.2, 0.25) is 0 Å². The zero-order valence-corrected chi connectivity index (χ0v) is 11.5. The van der Waals surface area contributed by atoms with Crippen LogP contribution in [0, 0.1) is 5.82 Å². The molecule has 1 amide bonds. The first-order valence-electron chi connectivity index (χ1n) is 6.07. The summed E-state index contributed by atoms with van der Waals surface area (Å²) in [5.74, 6) is -1.14. The molecule has 1 aromatic carbocycles. The van der Waals surface area contributed by atoms with Crippen molar-refractivity contribution >= 4 is 29.0 Å². The molecule has 0 radical (unpaired) electrons. The van der Waals surface area contributed by atoms with Crippen molar-refractivity contribution in [1.82, 2.24) is 4.98 Å². The van der Waals surface area contributed by atoms with Gasteiger partial charge in [-0.05, 0) is 37.3 Å². The SMILES string of the molecule is CCNc1nccc(C(=O)Nc2ccc(Cl)cc2)c1F. The van der Waals surface area contributed by atoms with E-state index >= 15 is 0 Å². The smallest absolute Gasteiger partial charge is 0.258 e. The zero-order valence-electron chi connectivity index (χ0n) is 10.8. The number of hydrogen-bond acceptors (Lipinski definition) is 3. The number of hydrogen-bond donors (Lipinski definition) is 2. The maximum Gasteiger partial charge on any atom is 0.258 e. The molecule has 0 aliphatic heterocycles. The second-order valence-corrected chi connectivity index (χ2v) is 4.45. The topological polar surface area (TPSA) is 54.0 Å². The number of amides is 1. The van der Waals surface area contributed by atoms with Crippen LogP contribution in [0.2, 0.25) is 5.02 Å².